The van der Waals surface area contributed by atoms with Crippen LogP contribution in [0, 0.1) is 0 Å². The van der Waals surface area contributed by atoms with Crippen molar-refractivity contribution in [1.29, 1.82) is 0 Å². The standard InChI is InChI=1S/C10H14N2O3S/c1-6-3-12(4-7(2)16-6)10-11-8(5-15-10)9(13)14/h5-7H,3-4H2,1-2H3,(H,13,14). The largest absolute Gasteiger partial charge is 0.476 e. The third-order valence-electron chi connectivity index (χ3n) is 2.40. The molecule has 0 saturated carbocycles. The molecule has 1 fully saturated rings. The minimum absolute atomic E-state index is 0.0338. The normalized spacial score (nSPS) is 25.8. The van der Waals surface area contributed by atoms with Gasteiger partial charge in [0.25, 0.3) is 6.01 Å². The van der Waals surface area contributed by atoms with Crippen molar-refractivity contribution < 1.29 is 14.3 Å². The second-order valence-corrected chi connectivity index (χ2v) is 5.86. The molecule has 0 radical (unpaired) electrons. The average molecular weight is 242 g/mol. The van der Waals surface area contributed by atoms with Crippen LogP contribution < -0.4 is 4.90 Å². The molecule has 6 heteroatoms. The SMILES string of the molecule is CC1CN(c2nc(C(=O)O)co2)CC(C)S1. The van der Waals surface area contributed by atoms with Crippen molar-refractivity contribution >= 4 is 23.7 Å². The van der Waals surface area contributed by atoms with Crippen LogP contribution in [-0.2, 0) is 0 Å². The summed E-state index contributed by atoms with van der Waals surface area (Å²) in [4.78, 5) is 16.6. The maximum Gasteiger partial charge on any atom is 0.357 e. The molecule has 1 aromatic rings. The summed E-state index contributed by atoms with van der Waals surface area (Å²) >= 11 is 1.93. The topological polar surface area (TPSA) is 66.6 Å². The van der Waals surface area contributed by atoms with Gasteiger partial charge in [0.15, 0.2) is 5.69 Å². The number of carbonyl (C=O) groups is 1. The molecule has 2 atom stereocenters. The first kappa shape index (κ1) is 11.3. The minimum Gasteiger partial charge on any atom is -0.476 e. The molecule has 0 amide bonds. The van der Waals surface area contributed by atoms with Crippen molar-refractivity contribution in [1.82, 2.24) is 4.98 Å². The summed E-state index contributed by atoms with van der Waals surface area (Å²) < 4.78 is 5.19. The van der Waals surface area contributed by atoms with Crippen LogP contribution in [0.4, 0.5) is 6.01 Å². The summed E-state index contributed by atoms with van der Waals surface area (Å²) in [6, 6.07) is 0.413. The molecule has 88 valence electrons. The molecule has 2 unspecified atom stereocenters. The van der Waals surface area contributed by atoms with E-state index in [1.165, 1.54) is 6.26 Å². The van der Waals surface area contributed by atoms with E-state index in [1.807, 2.05) is 16.7 Å². The van der Waals surface area contributed by atoms with E-state index < -0.39 is 5.97 Å². The predicted octanol–water partition coefficient (Wildman–Crippen LogP) is 1.70. The Labute approximate surface area is 97.8 Å². The molecular weight excluding hydrogens is 228 g/mol. The summed E-state index contributed by atoms with van der Waals surface area (Å²) in [7, 11) is 0. The van der Waals surface area contributed by atoms with Crippen molar-refractivity contribution in [2.75, 3.05) is 18.0 Å². The van der Waals surface area contributed by atoms with E-state index in [0.29, 0.717) is 16.5 Å². The number of aromatic nitrogens is 1. The highest BCUT2D eigenvalue weighted by atomic mass is 32.2. The molecule has 1 aliphatic rings. The third-order valence-corrected chi connectivity index (χ3v) is 3.63. The van der Waals surface area contributed by atoms with Gasteiger partial charge in [0.05, 0.1) is 0 Å². The zero-order valence-electron chi connectivity index (χ0n) is 9.21. The van der Waals surface area contributed by atoms with Crippen molar-refractivity contribution in [3.05, 3.63) is 12.0 Å². The Morgan fingerprint density at radius 2 is 2.19 bits per heavy atom. The number of anilines is 1. The molecule has 0 aliphatic carbocycles. The van der Waals surface area contributed by atoms with Gasteiger partial charge in [0.1, 0.15) is 6.26 Å². The molecule has 2 heterocycles. The van der Waals surface area contributed by atoms with Gasteiger partial charge in [-0.25, -0.2) is 4.79 Å². The molecule has 2 rings (SSSR count). The van der Waals surface area contributed by atoms with E-state index in [4.69, 9.17) is 9.52 Å². The number of aromatic carboxylic acids is 1. The lowest BCUT2D eigenvalue weighted by atomic mass is 10.3. The molecule has 5 nitrogen and oxygen atoms in total. The van der Waals surface area contributed by atoms with E-state index in [9.17, 15) is 4.79 Å². The third kappa shape index (κ3) is 2.32. The fourth-order valence-corrected chi connectivity index (χ4v) is 3.17. The second-order valence-electron chi connectivity index (χ2n) is 3.98. The summed E-state index contributed by atoms with van der Waals surface area (Å²) in [5.41, 5.74) is -0.0338. The molecule has 0 aromatic carbocycles. The van der Waals surface area contributed by atoms with E-state index in [-0.39, 0.29) is 5.69 Å². The lowest BCUT2D eigenvalue weighted by Gasteiger charge is -2.33. The smallest absolute Gasteiger partial charge is 0.357 e. The number of hydrogen-bond donors (Lipinski definition) is 1. The fraction of sp³-hybridized carbons (Fsp3) is 0.600. The number of thioether (sulfide) groups is 1. The van der Waals surface area contributed by atoms with Crippen LogP contribution >= 0.6 is 11.8 Å². The first-order chi connectivity index (χ1) is 7.56. The number of hydrogen-bond acceptors (Lipinski definition) is 5. The van der Waals surface area contributed by atoms with Crippen LogP contribution in [-0.4, -0.2) is 39.6 Å². The maximum atomic E-state index is 10.7. The quantitative estimate of drug-likeness (QED) is 0.851. The molecule has 1 saturated heterocycles. The van der Waals surface area contributed by atoms with Gasteiger partial charge in [-0.1, -0.05) is 13.8 Å². The first-order valence-corrected chi connectivity index (χ1v) is 6.09. The molecular formula is C10H14N2O3S. The Morgan fingerprint density at radius 1 is 1.56 bits per heavy atom. The van der Waals surface area contributed by atoms with Crippen LogP contribution in [0.5, 0.6) is 0 Å². The van der Waals surface area contributed by atoms with Gasteiger partial charge in [-0.2, -0.15) is 16.7 Å². The summed E-state index contributed by atoms with van der Waals surface area (Å²) in [6.45, 7) is 5.98. The number of rotatable bonds is 2. The van der Waals surface area contributed by atoms with E-state index in [0.717, 1.165) is 13.1 Å². The number of carboxylic acids is 1. The lowest BCUT2D eigenvalue weighted by Crippen LogP contribution is -2.40. The van der Waals surface area contributed by atoms with Crippen LogP contribution in [0.1, 0.15) is 24.3 Å². The van der Waals surface area contributed by atoms with Gasteiger partial charge in [-0.15, -0.1) is 0 Å². The van der Waals surface area contributed by atoms with Crippen molar-refractivity contribution in [2.45, 2.75) is 24.3 Å². The van der Waals surface area contributed by atoms with Gasteiger partial charge in [-0.3, -0.25) is 0 Å². The summed E-state index contributed by atoms with van der Waals surface area (Å²) in [5.74, 6) is -1.05. The van der Waals surface area contributed by atoms with Gasteiger partial charge in [0.2, 0.25) is 0 Å². The van der Waals surface area contributed by atoms with Crippen molar-refractivity contribution in [3.8, 4) is 0 Å². The highest BCUT2D eigenvalue weighted by Gasteiger charge is 2.25. The van der Waals surface area contributed by atoms with E-state index in [1.54, 1.807) is 0 Å². The molecule has 1 aromatic heterocycles. The Morgan fingerprint density at radius 3 is 2.69 bits per heavy atom. The molecule has 16 heavy (non-hydrogen) atoms. The Kier molecular flexibility index (Phi) is 3.09. The highest BCUT2D eigenvalue weighted by molar-refractivity contribution is 8.00. The minimum atomic E-state index is -1.05. The summed E-state index contributed by atoms with van der Waals surface area (Å²) in [5, 5.41) is 9.76. The first-order valence-electron chi connectivity index (χ1n) is 5.15. The summed E-state index contributed by atoms with van der Waals surface area (Å²) in [6.07, 6.45) is 1.19. The van der Waals surface area contributed by atoms with Crippen LogP contribution in [0.3, 0.4) is 0 Å². The number of oxazole rings is 1. The number of carboxylic acid groups (broad SMARTS) is 1. The fourth-order valence-electron chi connectivity index (χ4n) is 1.84. The monoisotopic (exact) mass is 242 g/mol. The van der Waals surface area contributed by atoms with Gasteiger partial charge in [0, 0.05) is 23.6 Å². The highest BCUT2D eigenvalue weighted by Crippen LogP contribution is 2.27. The lowest BCUT2D eigenvalue weighted by molar-refractivity contribution is 0.0690. The second kappa shape index (κ2) is 4.37. The molecule has 0 spiro atoms. The molecule has 1 aliphatic heterocycles. The molecule has 0 bridgehead atoms. The van der Waals surface area contributed by atoms with Crippen molar-refractivity contribution in [2.24, 2.45) is 0 Å². The maximum absolute atomic E-state index is 10.7. The van der Waals surface area contributed by atoms with E-state index in [2.05, 4.69) is 18.8 Å². The predicted molar refractivity (Wildman–Crippen MR) is 62.2 cm³/mol. The number of nitrogens with zero attached hydrogens (tertiary/aromatic N) is 2. The van der Waals surface area contributed by atoms with Crippen LogP contribution in [0.25, 0.3) is 0 Å². The zero-order valence-corrected chi connectivity index (χ0v) is 10.0. The molecule has 1 N–H and O–H groups in total. The van der Waals surface area contributed by atoms with Crippen LogP contribution in [0.2, 0.25) is 0 Å². The van der Waals surface area contributed by atoms with E-state index >= 15 is 0 Å². The Bertz CT molecular complexity index is 383. The van der Waals surface area contributed by atoms with Gasteiger partial charge in [-0.05, 0) is 0 Å². The van der Waals surface area contributed by atoms with Crippen molar-refractivity contribution in [3.63, 3.8) is 0 Å². The van der Waals surface area contributed by atoms with Gasteiger partial charge < -0.3 is 14.4 Å². The van der Waals surface area contributed by atoms with Gasteiger partial charge >= 0.3 is 5.97 Å². The Hall–Kier alpha value is -1.17. The van der Waals surface area contributed by atoms with Crippen LogP contribution in [0.15, 0.2) is 10.7 Å². The Balaban J connectivity index is 2.13. The zero-order chi connectivity index (χ0) is 11.7. The average Bonchev–Trinajstić information content (AvgIpc) is 2.64.